The molecule has 0 aromatic heterocycles. The molecule has 8 N–H and O–H groups in total. The summed E-state index contributed by atoms with van der Waals surface area (Å²) in [6.07, 6.45) is -0.361. The molecule has 56 heavy (non-hydrogen) atoms. The van der Waals surface area contributed by atoms with Crippen molar-refractivity contribution in [1.29, 1.82) is 0 Å². The van der Waals surface area contributed by atoms with Crippen LogP contribution in [0.15, 0.2) is 72.8 Å². The van der Waals surface area contributed by atoms with E-state index < -0.39 is 93.8 Å². The predicted octanol–water partition coefficient (Wildman–Crippen LogP) is 6.69. The van der Waals surface area contributed by atoms with E-state index in [-0.39, 0.29) is 51.4 Å². The molecule has 0 saturated carbocycles. The van der Waals surface area contributed by atoms with Gasteiger partial charge < -0.3 is 40.9 Å². The molecule has 0 aliphatic rings. The second-order valence-corrected chi connectivity index (χ2v) is 13.2. The number of aromatic hydroxyl groups is 4. The van der Waals surface area contributed by atoms with Crippen LogP contribution in [0, 0.1) is 46.9 Å². The van der Waals surface area contributed by atoms with E-state index in [0.29, 0.717) is 22.3 Å². The SMILES string of the molecule is O=C(O)CC[C@@H](Cc1ccc(F)c(O)c1)[C@H](Cc1ccc(F)c(O)c1)C(=O)O.O=C(O)CC[C@H](Cc1ccc(F)c(O)c1)[C@@H](Cc1ccc(F)c(O)c1)C(=O)O. The van der Waals surface area contributed by atoms with Crippen molar-refractivity contribution in [3.8, 4) is 23.0 Å². The number of carboxylic acids is 4. The van der Waals surface area contributed by atoms with Gasteiger partial charge in [0.2, 0.25) is 0 Å². The second-order valence-electron chi connectivity index (χ2n) is 13.2. The van der Waals surface area contributed by atoms with Crippen LogP contribution in [0.25, 0.3) is 0 Å². The zero-order valence-corrected chi connectivity index (χ0v) is 29.6. The highest BCUT2D eigenvalue weighted by molar-refractivity contribution is 5.72. The molecule has 0 unspecified atom stereocenters. The van der Waals surface area contributed by atoms with Crippen LogP contribution in [0.4, 0.5) is 17.6 Å². The molecule has 4 aromatic rings. The maximum Gasteiger partial charge on any atom is 0.307 e. The molecule has 0 spiro atoms. The molecule has 0 bridgehead atoms. The number of benzene rings is 4. The Hall–Kier alpha value is -6.32. The summed E-state index contributed by atoms with van der Waals surface area (Å²) in [5.41, 5.74) is 1.69. The smallest absolute Gasteiger partial charge is 0.307 e. The maximum absolute atomic E-state index is 13.3. The van der Waals surface area contributed by atoms with E-state index >= 15 is 0 Å². The third-order valence-electron chi connectivity index (χ3n) is 9.18. The standard InChI is InChI=1S/2C20H20F2O6/c2*21-15-4-1-11(9-17(15)23)7-13(3-6-19(25)26)14(20(27)28)8-12-2-5-16(22)18(24)10-12/h2*1-2,4-5,9-10,13-14,23-24H,3,6-8H2,(H,25,26)(H,27,28)/t2*13-,14-/m10/s1. The molecule has 300 valence electrons. The van der Waals surface area contributed by atoms with Crippen LogP contribution in [0.1, 0.15) is 47.9 Å². The van der Waals surface area contributed by atoms with Gasteiger partial charge >= 0.3 is 23.9 Å². The van der Waals surface area contributed by atoms with E-state index in [4.69, 9.17) is 10.2 Å². The van der Waals surface area contributed by atoms with Crippen molar-refractivity contribution in [2.45, 2.75) is 51.4 Å². The van der Waals surface area contributed by atoms with Gasteiger partial charge in [-0.2, -0.15) is 0 Å². The maximum atomic E-state index is 13.3. The van der Waals surface area contributed by atoms with Crippen molar-refractivity contribution in [3.63, 3.8) is 0 Å². The number of aliphatic carboxylic acids is 4. The first kappa shape index (κ1) is 44.1. The monoisotopic (exact) mass is 788 g/mol. The topological polar surface area (TPSA) is 230 Å². The molecule has 0 aliphatic heterocycles. The lowest BCUT2D eigenvalue weighted by Crippen LogP contribution is -2.28. The van der Waals surface area contributed by atoms with Crippen LogP contribution in [0.5, 0.6) is 23.0 Å². The van der Waals surface area contributed by atoms with Crippen molar-refractivity contribution in [2.24, 2.45) is 23.7 Å². The van der Waals surface area contributed by atoms with E-state index in [9.17, 15) is 67.4 Å². The third-order valence-corrected chi connectivity index (χ3v) is 9.18. The minimum Gasteiger partial charge on any atom is -0.505 e. The van der Waals surface area contributed by atoms with Gasteiger partial charge in [-0.3, -0.25) is 19.2 Å². The third kappa shape index (κ3) is 13.5. The summed E-state index contributed by atoms with van der Waals surface area (Å²) < 4.78 is 53.0. The highest BCUT2D eigenvalue weighted by Crippen LogP contribution is 2.31. The molecule has 4 rings (SSSR count). The fourth-order valence-corrected chi connectivity index (χ4v) is 6.27. The molecule has 4 atom stereocenters. The summed E-state index contributed by atoms with van der Waals surface area (Å²) in [4.78, 5) is 45.7. The average molecular weight is 789 g/mol. The van der Waals surface area contributed by atoms with Crippen LogP contribution < -0.4 is 0 Å². The lowest BCUT2D eigenvalue weighted by molar-refractivity contribution is -0.145. The van der Waals surface area contributed by atoms with Gasteiger partial charge in [-0.25, -0.2) is 17.6 Å². The Bertz CT molecular complexity index is 1880. The Morgan fingerprint density at radius 2 is 0.679 bits per heavy atom. The van der Waals surface area contributed by atoms with Crippen LogP contribution in [0.3, 0.4) is 0 Å². The lowest BCUT2D eigenvalue weighted by Gasteiger charge is -2.24. The molecular formula is C40H40F4O12. The number of hydrogen-bond acceptors (Lipinski definition) is 8. The van der Waals surface area contributed by atoms with Crippen molar-refractivity contribution >= 4 is 23.9 Å². The minimum atomic E-state index is -1.18. The first-order valence-electron chi connectivity index (χ1n) is 17.1. The zero-order chi connectivity index (χ0) is 41.7. The average Bonchev–Trinajstić information content (AvgIpc) is 3.12. The highest BCUT2D eigenvalue weighted by atomic mass is 19.1. The Morgan fingerprint density at radius 3 is 0.893 bits per heavy atom. The van der Waals surface area contributed by atoms with Gasteiger partial charge in [0.15, 0.2) is 46.3 Å². The summed E-state index contributed by atoms with van der Waals surface area (Å²) in [7, 11) is 0. The van der Waals surface area contributed by atoms with E-state index in [1.54, 1.807) is 0 Å². The molecule has 4 aromatic carbocycles. The van der Waals surface area contributed by atoms with Gasteiger partial charge in [0.05, 0.1) is 11.8 Å². The van der Waals surface area contributed by atoms with Gasteiger partial charge in [0, 0.05) is 12.8 Å². The summed E-state index contributed by atoms with van der Waals surface area (Å²) >= 11 is 0. The number of hydrogen-bond donors (Lipinski definition) is 8. The van der Waals surface area contributed by atoms with Crippen molar-refractivity contribution in [1.82, 2.24) is 0 Å². The molecule has 0 amide bonds. The fourth-order valence-electron chi connectivity index (χ4n) is 6.27. The van der Waals surface area contributed by atoms with Crippen molar-refractivity contribution in [3.05, 3.63) is 118 Å². The largest absolute Gasteiger partial charge is 0.505 e. The van der Waals surface area contributed by atoms with Crippen LogP contribution >= 0.6 is 0 Å². The van der Waals surface area contributed by atoms with Gasteiger partial charge in [-0.15, -0.1) is 0 Å². The van der Waals surface area contributed by atoms with Crippen LogP contribution in [-0.2, 0) is 44.9 Å². The highest BCUT2D eigenvalue weighted by Gasteiger charge is 2.31. The van der Waals surface area contributed by atoms with Gasteiger partial charge in [0.25, 0.3) is 0 Å². The first-order chi connectivity index (χ1) is 26.3. The molecule has 0 heterocycles. The Balaban J connectivity index is 0.000000300. The lowest BCUT2D eigenvalue weighted by atomic mass is 9.80. The Labute approximate surface area is 317 Å². The molecule has 12 nitrogen and oxygen atoms in total. The summed E-state index contributed by atoms with van der Waals surface area (Å²) in [6.45, 7) is 0. The first-order valence-corrected chi connectivity index (χ1v) is 17.1. The van der Waals surface area contributed by atoms with Gasteiger partial charge in [-0.1, -0.05) is 24.3 Å². The van der Waals surface area contributed by atoms with Gasteiger partial charge in [0.1, 0.15) is 0 Å². The number of carboxylic acid groups (broad SMARTS) is 4. The Kier molecular flexibility index (Phi) is 16.0. The second kappa shape index (κ2) is 20.4. The van der Waals surface area contributed by atoms with E-state index in [2.05, 4.69) is 0 Å². The summed E-state index contributed by atoms with van der Waals surface area (Å²) in [5, 5.41) is 75.3. The zero-order valence-electron chi connectivity index (χ0n) is 29.6. The van der Waals surface area contributed by atoms with Crippen LogP contribution in [-0.4, -0.2) is 64.7 Å². The Morgan fingerprint density at radius 1 is 0.429 bits per heavy atom. The van der Waals surface area contributed by atoms with E-state index in [0.717, 1.165) is 36.4 Å². The minimum absolute atomic E-state index is 0.0393. The number of halogens is 4. The van der Waals surface area contributed by atoms with E-state index in [1.807, 2.05) is 0 Å². The van der Waals surface area contributed by atoms with Crippen LogP contribution in [0.2, 0.25) is 0 Å². The molecule has 0 saturated heterocycles. The summed E-state index contributed by atoms with van der Waals surface area (Å²) in [5.74, 6) is -13.6. The van der Waals surface area contributed by atoms with Crippen molar-refractivity contribution in [2.75, 3.05) is 0 Å². The molecular weight excluding hydrogens is 748 g/mol. The number of carbonyl (C=O) groups is 4. The normalized spacial score (nSPS) is 13.1. The molecule has 0 aliphatic carbocycles. The predicted molar refractivity (Wildman–Crippen MR) is 190 cm³/mol. The molecule has 16 heteroatoms. The summed E-state index contributed by atoms with van der Waals surface area (Å²) in [6, 6.07) is 14.2. The van der Waals surface area contributed by atoms with E-state index in [1.165, 1.54) is 36.4 Å². The van der Waals surface area contributed by atoms with Crippen molar-refractivity contribution < 1.29 is 77.6 Å². The number of phenols is 4. The molecule has 0 fully saturated rings. The number of phenolic OH excluding ortho intramolecular Hbond substituents is 4. The quantitative estimate of drug-likeness (QED) is 0.0494. The molecule has 0 radical (unpaired) electrons. The van der Waals surface area contributed by atoms with Gasteiger partial charge in [-0.05, 0) is 121 Å². The number of rotatable bonds is 18. The fraction of sp³-hybridized carbons (Fsp3) is 0.300.